The molecule has 0 aliphatic carbocycles. The van der Waals surface area contributed by atoms with Crippen molar-refractivity contribution in [3.63, 3.8) is 0 Å². The fourth-order valence-electron chi connectivity index (χ4n) is 2.22. The van der Waals surface area contributed by atoms with Gasteiger partial charge in [-0.3, -0.25) is 4.90 Å². The Morgan fingerprint density at radius 1 is 1.39 bits per heavy atom. The third-order valence-electron chi connectivity index (χ3n) is 3.51. The Bertz CT molecular complexity index is 361. The fraction of sp³-hybridized carbons (Fsp3) is 0.692. The molecule has 1 N–H and O–H groups in total. The zero-order valence-corrected chi connectivity index (χ0v) is 13.6. The van der Waals surface area contributed by atoms with E-state index in [-0.39, 0.29) is 0 Å². The lowest BCUT2D eigenvalue weighted by Gasteiger charge is -2.32. The first-order valence-corrected chi connectivity index (χ1v) is 8.21. The summed E-state index contributed by atoms with van der Waals surface area (Å²) in [6.45, 7) is 9.26. The van der Waals surface area contributed by atoms with Gasteiger partial charge < -0.3 is 10.2 Å². The standard InChI is InChI=1S/C13H22BrN3S/c1-11(13-12(14)3-10-18-13)15-4-5-17-8-6-16(2)7-9-17/h3,10-11,15H,4-9H2,1-2H3. The van der Waals surface area contributed by atoms with Gasteiger partial charge in [-0.2, -0.15) is 0 Å². The summed E-state index contributed by atoms with van der Waals surface area (Å²) in [5.74, 6) is 0. The second-order valence-corrected chi connectivity index (χ2v) is 6.76. The Hall–Kier alpha value is 0.0600. The SMILES string of the molecule is CC(NCCN1CCN(C)CC1)c1sccc1Br. The Morgan fingerprint density at radius 2 is 2.11 bits per heavy atom. The third kappa shape index (κ3) is 4.03. The molecule has 1 aromatic rings. The number of thiophene rings is 1. The monoisotopic (exact) mass is 331 g/mol. The summed E-state index contributed by atoms with van der Waals surface area (Å²) in [4.78, 5) is 6.34. The van der Waals surface area contributed by atoms with Crippen molar-refractivity contribution in [2.45, 2.75) is 13.0 Å². The van der Waals surface area contributed by atoms with Gasteiger partial charge in [-0.25, -0.2) is 0 Å². The van der Waals surface area contributed by atoms with Crippen LogP contribution in [-0.2, 0) is 0 Å². The van der Waals surface area contributed by atoms with E-state index in [0.717, 1.165) is 13.1 Å². The highest BCUT2D eigenvalue weighted by atomic mass is 79.9. The molecule has 2 rings (SSSR count). The molecule has 0 aromatic carbocycles. The van der Waals surface area contributed by atoms with Crippen molar-refractivity contribution in [3.8, 4) is 0 Å². The molecule has 0 saturated carbocycles. The molecule has 5 heteroatoms. The van der Waals surface area contributed by atoms with Crippen molar-refractivity contribution in [1.29, 1.82) is 0 Å². The average molecular weight is 332 g/mol. The maximum Gasteiger partial charge on any atom is 0.0397 e. The molecule has 1 saturated heterocycles. The molecular formula is C13H22BrN3S. The summed E-state index contributed by atoms with van der Waals surface area (Å²) in [5.41, 5.74) is 0. The van der Waals surface area contributed by atoms with E-state index in [9.17, 15) is 0 Å². The smallest absolute Gasteiger partial charge is 0.0397 e. The molecule has 1 atom stereocenters. The highest BCUT2D eigenvalue weighted by Crippen LogP contribution is 2.28. The molecule has 0 spiro atoms. The van der Waals surface area contributed by atoms with Gasteiger partial charge in [0, 0.05) is 54.7 Å². The highest BCUT2D eigenvalue weighted by Gasteiger charge is 2.14. The summed E-state index contributed by atoms with van der Waals surface area (Å²) >= 11 is 5.41. The molecule has 1 aromatic heterocycles. The van der Waals surface area contributed by atoms with Crippen LogP contribution in [0.3, 0.4) is 0 Å². The van der Waals surface area contributed by atoms with Crippen molar-refractivity contribution < 1.29 is 0 Å². The van der Waals surface area contributed by atoms with E-state index in [4.69, 9.17) is 0 Å². The van der Waals surface area contributed by atoms with Gasteiger partial charge >= 0.3 is 0 Å². The molecule has 0 bridgehead atoms. The Balaban J connectivity index is 1.68. The van der Waals surface area contributed by atoms with Crippen molar-refractivity contribution in [3.05, 3.63) is 20.8 Å². The van der Waals surface area contributed by atoms with Crippen molar-refractivity contribution in [1.82, 2.24) is 15.1 Å². The second-order valence-electron chi connectivity index (χ2n) is 4.95. The van der Waals surface area contributed by atoms with Gasteiger partial charge in [-0.05, 0) is 41.3 Å². The van der Waals surface area contributed by atoms with Crippen LogP contribution in [0.2, 0.25) is 0 Å². The summed E-state index contributed by atoms with van der Waals surface area (Å²) < 4.78 is 1.23. The molecule has 1 aliphatic heterocycles. The van der Waals surface area contributed by atoms with E-state index in [1.165, 1.54) is 35.5 Å². The van der Waals surface area contributed by atoms with Crippen LogP contribution in [0.1, 0.15) is 17.8 Å². The summed E-state index contributed by atoms with van der Waals surface area (Å²) in [5, 5.41) is 5.75. The minimum atomic E-state index is 0.437. The number of halogens is 1. The molecule has 0 amide bonds. The van der Waals surface area contributed by atoms with Crippen LogP contribution in [0.15, 0.2) is 15.9 Å². The van der Waals surface area contributed by atoms with Gasteiger partial charge in [0.25, 0.3) is 0 Å². The number of rotatable bonds is 5. The topological polar surface area (TPSA) is 18.5 Å². The fourth-order valence-corrected chi connectivity index (χ4v) is 3.97. The van der Waals surface area contributed by atoms with E-state index < -0.39 is 0 Å². The van der Waals surface area contributed by atoms with Crippen LogP contribution in [0.5, 0.6) is 0 Å². The molecule has 1 aliphatic rings. The van der Waals surface area contributed by atoms with Crippen LogP contribution < -0.4 is 5.32 Å². The quantitative estimate of drug-likeness (QED) is 0.893. The van der Waals surface area contributed by atoms with Crippen LogP contribution >= 0.6 is 27.3 Å². The zero-order chi connectivity index (χ0) is 13.0. The summed E-state index contributed by atoms with van der Waals surface area (Å²) in [7, 11) is 2.20. The molecule has 3 nitrogen and oxygen atoms in total. The predicted octanol–water partition coefficient (Wildman–Crippen LogP) is 2.41. The number of hydrogen-bond acceptors (Lipinski definition) is 4. The maximum atomic E-state index is 3.61. The van der Waals surface area contributed by atoms with E-state index in [0.29, 0.717) is 6.04 Å². The predicted molar refractivity (Wildman–Crippen MR) is 82.4 cm³/mol. The number of nitrogens with one attached hydrogen (secondary N) is 1. The van der Waals surface area contributed by atoms with Gasteiger partial charge in [-0.15, -0.1) is 11.3 Å². The highest BCUT2D eigenvalue weighted by molar-refractivity contribution is 9.10. The number of hydrogen-bond donors (Lipinski definition) is 1. The van der Waals surface area contributed by atoms with Gasteiger partial charge in [0.15, 0.2) is 0 Å². The Morgan fingerprint density at radius 3 is 2.72 bits per heavy atom. The Kier molecular flexibility index (Phi) is 5.63. The molecule has 2 heterocycles. The van der Waals surface area contributed by atoms with E-state index in [1.807, 2.05) is 11.3 Å². The average Bonchev–Trinajstić information content (AvgIpc) is 2.78. The van der Waals surface area contributed by atoms with Gasteiger partial charge in [0.2, 0.25) is 0 Å². The second kappa shape index (κ2) is 7.01. The van der Waals surface area contributed by atoms with Gasteiger partial charge in [-0.1, -0.05) is 0 Å². The third-order valence-corrected chi connectivity index (χ3v) is 5.57. The van der Waals surface area contributed by atoms with E-state index >= 15 is 0 Å². The van der Waals surface area contributed by atoms with Crippen LogP contribution in [0.4, 0.5) is 0 Å². The van der Waals surface area contributed by atoms with E-state index in [2.05, 4.69) is 56.5 Å². The number of nitrogens with zero attached hydrogens (tertiary/aromatic N) is 2. The van der Waals surface area contributed by atoms with Crippen molar-refractivity contribution >= 4 is 27.3 Å². The zero-order valence-electron chi connectivity index (χ0n) is 11.2. The van der Waals surface area contributed by atoms with Gasteiger partial charge in [0.1, 0.15) is 0 Å². The largest absolute Gasteiger partial charge is 0.308 e. The lowest BCUT2D eigenvalue weighted by Crippen LogP contribution is -2.46. The first kappa shape index (κ1) is 14.5. The first-order chi connectivity index (χ1) is 8.66. The first-order valence-electron chi connectivity index (χ1n) is 6.54. The molecule has 0 radical (unpaired) electrons. The van der Waals surface area contributed by atoms with Crippen LogP contribution in [0.25, 0.3) is 0 Å². The van der Waals surface area contributed by atoms with Crippen molar-refractivity contribution in [2.75, 3.05) is 46.3 Å². The normalized spacial score (nSPS) is 20.2. The number of likely N-dealkylation sites (N-methyl/N-ethyl adjacent to an activating group) is 1. The van der Waals surface area contributed by atoms with Crippen molar-refractivity contribution in [2.24, 2.45) is 0 Å². The van der Waals surface area contributed by atoms with Crippen LogP contribution in [-0.4, -0.2) is 56.1 Å². The lowest BCUT2D eigenvalue weighted by molar-refractivity contribution is 0.154. The molecule has 1 unspecified atom stereocenters. The summed E-state index contributed by atoms with van der Waals surface area (Å²) in [6, 6.07) is 2.56. The number of piperazine rings is 1. The van der Waals surface area contributed by atoms with E-state index in [1.54, 1.807) is 0 Å². The van der Waals surface area contributed by atoms with Gasteiger partial charge in [0.05, 0.1) is 0 Å². The minimum absolute atomic E-state index is 0.437. The maximum absolute atomic E-state index is 3.61. The molecular weight excluding hydrogens is 310 g/mol. The van der Waals surface area contributed by atoms with Crippen LogP contribution in [0, 0.1) is 0 Å². The Labute approximate surface area is 122 Å². The minimum Gasteiger partial charge on any atom is -0.308 e. The lowest BCUT2D eigenvalue weighted by atomic mass is 10.2. The molecule has 18 heavy (non-hydrogen) atoms. The molecule has 102 valence electrons. The molecule has 1 fully saturated rings. The summed E-state index contributed by atoms with van der Waals surface area (Å²) in [6.07, 6.45) is 0.